The average Bonchev–Trinajstić information content (AvgIpc) is 3.51. The van der Waals surface area contributed by atoms with E-state index >= 15 is 0 Å². The number of nitrogens with one attached hydrogen (secondary N) is 1. The summed E-state index contributed by atoms with van der Waals surface area (Å²) >= 11 is 0. The highest BCUT2D eigenvalue weighted by molar-refractivity contribution is 7.47. The summed E-state index contributed by atoms with van der Waals surface area (Å²) in [5, 5.41) is 111. The predicted octanol–water partition coefficient (Wildman–Crippen LogP) is -8.13. The predicted molar refractivity (Wildman–Crippen MR) is 151 cm³/mol. The zero-order valence-electron chi connectivity index (χ0n) is 25.2. The molecule has 0 aliphatic carbocycles. The molecule has 10 unspecified atom stereocenters. The molecule has 0 aromatic heterocycles. The monoisotopic (exact) mass is 752 g/mol. The zero-order valence-corrected chi connectivity index (χ0v) is 27.0. The van der Waals surface area contributed by atoms with Gasteiger partial charge in [-0.05, 0) is 0 Å². The normalized spacial score (nSPS) is 34.2. The molecule has 286 valence electrons. The second-order valence-corrected chi connectivity index (χ2v) is 13.5. The van der Waals surface area contributed by atoms with Crippen LogP contribution in [0.25, 0.3) is 0 Å². The van der Waals surface area contributed by atoms with Gasteiger partial charge in [-0.2, -0.15) is 0 Å². The van der Waals surface area contributed by atoms with Gasteiger partial charge in [0.25, 0.3) is 0 Å². The van der Waals surface area contributed by atoms with Crippen molar-refractivity contribution in [3.8, 4) is 0 Å². The highest BCUT2D eigenvalue weighted by Gasteiger charge is 2.50. The van der Waals surface area contributed by atoms with Gasteiger partial charge in [0.15, 0.2) is 6.29 Å². The van der Waals surface area contributed by atoms with Gasteiger partial charge in [-0.15, -0.1) is 0 Å². The molecule has 0 radical (unpaired) electrons. The van der Waals surface area contributed by atoms with Crippen molar-refractivity contribution in [3.05, 3.63) is 0 Å². The maximum absolute atomic E-state index is 12.4. The van der Waals surface area contributed by atoms with Gasteiger partial charge >= 0.3 is 15.6 Å². The Morgan fingerprint density at radius 3 is 1.65 bits per heavy atom. The highest BCUT2D eigenvalue weighted by atomic mass is 31.2. The second-order valence-electron chi connectivity index (χ2n) is 10.7. The number of aliphatic hydroxyl groups excluding tert-OH is 11. The Hall–Kier alpha value is -0.420. The molecular formula is C22H46N2O22P2. The first-order chi connectivity index (χ1) is 22.4. The van der Waals surface area contributed by atoms with Crippen LogP contribution in [-0.4, -0.2) is 204 Å². The van der Waals surface area contributed by atoms with Gasteiger partial charge in [-0.1, -0.05) is 0 Å². The minimum Gasteiger partial charge on any atom is -0.394 e. The number of nitrogens with two attached hydrogens (primary N) is 1. The third kappa shape index (κ3) is 12.7. The lowest BCUT2D eigenvalue weighted by Gasteiger charge is -2.26. The van der Waals surface area contributed by atoms with E-state index in [2.05, 4.69) is 14.4 Å². The van der Waals surface area contributed by atoms with Crippen molar-refractivity contribution in [3.63, 3.8) is 0 Å². The Morgan fingerprint density at radius 2 is 1.17 bits per heavy atom. The van der Waals surface area contributed by atoms with E-state index in [0.717, 1.165) is 0 Å². The quantitative estimate of drug-likeness (QED) is 0.0431. The molecular weight excluding hydrogens is 706 g/mol. The molecule has 16 atom stereocenters. The van der Waals surface area contributed by atoms with E-state index in [0.29, 0.717) is 0 Å². The van der Waals surface area contributed by atoms with Crippen LogP contribution in [0.3, 0.4) is 0 Å². The molecule has 16 N–H and O–H groups in total. The van der Waals surface area contributed by atoms with Gasteiger partial charge < -0.3 is 85.9 Å². The molecule has 24 nitrogen and oxygen atoms in total. The molecule has 0 spiro atoms. The smallest absolute Gasteiger partial charge is 0.394 e. The van der Waals surface area contributed by atoms with Gasteiger partial charge in [-0.3, -0.25) is 23.4 Å². The molecule has 0 aromatic carbocycles. The van der Waals surface area contributed by atoms with Crippen LogP contribution >= 0.6 is 15.6 Å². The van der Waals surface area contributed by atoms with Crippen LogP contribution in [-0.2, 0) is 41.4 Å². The zero-order chi connectivity index (χ0) is 36.4. The van der Waals surface area contributed by atoms with E-state index in [-0.39, 0.29) is 13.1 Å². The number of aliphatic hydroxyl groups is 11. The first kappa shape index (κ1) is 43.7. The van der Waals surface area contributed by atoms with Crippen LogP contribution in [0, 0.1) is 0 Å². The SMILES string of the molecule is NCCN[C@@H]1O[C@H](CO)[C@H](OP(=O)(O)OCC(O)C(O)C(O)CO[C@@H]2O[C@H](CO)[C@H](OP(=O)(O)OCC(O)C(O)C(O)CO)C2O)C1O. The summed E-state index contributed by atoms with van der Waals surface area (Å²) in [5.41, 5.74) is 5.37. The summed E-state index contributed by atoms with van der Waals surface area (Å²) in [5.74, 6) is 0. The number of ether oxygens (including phenoxy) is 3. The number of hydrogen-bond acceptors (Lipinski definition) is 22. The molecule has 2 aliphatic rings. The molecule has 48 heavy (non-hydrogen) atoms. The maximum Gasteiger partial charge on any atom is 0.472 e. The third-order valence-corrected chi connectivity index (χ3v) is 8.97. The summed E-state index contributed by atoms with van der Waals surface area (Å²) in [7, 11) is -10.2. The molecule has 0 bridgehead atoms. The minimum absolute atomic E-state index is 0.163. The molecule has 0 saturated carbocycles. The van der Waals surface area contributed by atoms with Crippen LogP contribution in [0.4, 0.5) is 0 Å². The highest BCUT2D eigenvalue weighted by Crippen LogP contribution is 2.48. The summed E-state index contributed by atoms with van der Waals surface area (Å²) in [6.45, 7) is -5.34. The fraction of sp³-hybridized carbons (Fsp3) is 1.00. The Kier molecular flexibility index (Phi) is 18.2. The van der Waals surface area contributed by atoms with Crippen LogP contribution in [0.2, 0.25) is 0 Å². The molecule has 2 heterocycles. The molecule has 2 rings (SSSR count). The Balaban J connectivity index is 1.87. The minimum atomic E-state index is -5.16. The third-order valence-electron chi connectivity index (χ3n) is 7.00. The summed E-state index contributed by atoms with van der Waals surface area (Å²) in [4.78, 5) is 20.0. The van der Waals surface area contributed by atoms with Gasteiger partial charge in [-0.25, -0.2) is 9.13 Å². The molecule has 2 saturated heterocycles. The molecule has 0 aromatic rings. The molecule has 26 heteroatoms. The van der Waals surface area contributed by atoms with E-state index in [1.54, 1.807) is 0 Å². The van der Waals surface area contributed by atoms with Gasteiger partial charge in [0.1, 0.15) is 79.5 Å². The van der Waals surface area contributed by atoms with Crippen LogP contribution < -0.4 is 11.1 Å². The van der Waals surface area contributed by atoms with E-state index in [9.17, 15) is 70.0 Å². The lowest BCUT2D eigenvalue weighted by molar-refractivity contribution is -0.194. The Bertz CT molecular complexity index is 1040. The standard InChI is InChI=1S/C22H46N2O22P2/c23-1-2-24-21-17(34)19(13(4-26)43-21)45-47(36,37)42-8-12(31)16(33)10(29)6-40-22-18(35)20(14(5-27)44-22)46-48(38,39)41-7-11(30)15(32)9(28)3-25/h9-22,24-35H,1-8,23H2,(H,36,37)(H,38,39)/t9?,10?,11?,12?,13-,14-,15?,16?,17?,18?,19+,20+,21-,22-/m1/s1. The van der Waals surface area contributed by atoms with Crippen molar-refractivity contribution >= 4 is 15.6 Å². The fourth-order valence-corrected chi connectivity index (χ4v) is 6.29. The van der Waals surface area contributed by atoms with E-state index in [4.69, 9.17) is 34.1 Å². The van der Waals surface area contributed by atoms with Crippen molar-refractivity contribution in [1.29, 1.82) is 0 Å². The van der Waals surface area contributed by atoms with Gasteiger partial charge in [0, 0.05) is 13.1 Å². The van der Waals surface area contributed by atoms with E-state index in [1.807, 2.05) is 0 Å². The number of hydrogen-bond donors (Lipinski definition) is 15. The van der Waals surface area contributed by atoms with Crippen molar-refractivity contribution < 1.29 is 107 Å². The van der Waals surface area contributed by atoms with E-state index < -0.39 is 141 Å². The topological polar surface area (TPSA) is 400 Å². The summed E-state index contributed by atoms with van der Waals surface area (Å²) in [6, 6.07) is 0. The average molecular weight is 753 g/mol. The Morgan fingerprint density at radius 1 is 0.708 bits per heavy atom. The molecule has 0 amide bonds. The van der Waals surface area contributed by atoms with Gasteiger partial charge in [0.2, 0.25) is 0 Å². The Labute approximate surface area is 273 Å². The summed E-state index contributed by atoms with van der Waals surface area (Å²) < 4.78 is 59.3. The first-order valence-electron chi connectivity index (χ1n) is 14.4. The first-order valence-corrected chi connectivity index (χ1v) is 17.3. The number of phosphoric acid groups is 2. The van der Waals surface area contributed by atoms with Crippen molar-refractivity contribution in [2.75, 3.05) is 52.7 Å². The summed E-state index contributed by atoms with van der Waals surface area (Å²) in [6.07, 6.45) is -24.4. The fourth-order valence-electron chi connectivity index (χ4n) is 4.35. The van der Waals surface area contributed by atoms with Crippen molar-refractivity contribution in [1.82, 2.24) is 5.32 Å². The van der Waals surface area contributed by atoms with Crippen molar-refractivity contribution in [2.24, 2.45) is 5.73 Å². The molecule has 2 aliphatic heterocycles. The van der Waals surface area contributed by atoms with Gasteiger partial charge in [0.05, 0.1) is 39.6 Å². The second kappa shape index (κ2) is 20.0. The number of rotatable bonds is 23. The number of phosphoric ester groups is 2. The van der Waals surface area contributed by atoms with Crippen LogP contribution in [0.1, 0.15) is 0 Å². The molecule has 2 fully saturated rings. The lowest BCUT2D eigenvalue weighted by Crippen LogP contribution is -2.44. The van der Waals surface area contributed by atoms with E-state index in [1.165, 1.54) is 0 Å². The largest absolute Gasteiger partial charge is 0.472 e. The maximum atomic E-state index is 12.4. The van der Waals surface area contributed by atoms with Crippen LogP contribution in [0.5, 0.6) is 0 Å². The van der Waals surface area contributed by atoms with Crippen molar-refractivity contribution in [2.45, 2.75) is 85.8 Å². The lowest BCUT2D eigenvalue weighted by atomic mass is 10.1. The van der Waals surface area contributed by atoms with Crippen LogP contribution in [0.15, 0.2) is 0 Å².